The van der Waals surface area contributed by atoms with Gasteiger partial charge in [0.05, 0.1) is 6.26 Å². The largest absolute Gasteiger partial charge is 0.468 e. The van der Waals surface area contributed by atoms with Gasteiger partial charge < -0.3 is 13.9 Å². The van der Waals surface area contributed by atoms with E-state index in [1.54, 1.807) is 6.26 Å². The van der Waals surface area contributed by atoms with Crippen LogP contribution < -0.4 is 0 Å². The third-order valence-corrected chi connectivity index (χ3v) is 6.19. The fourth-order valence-corrected chi connectivity index (χ4v) is 4.56. The predicted octanol–water partition coefficient (Wildman–Crippen LogP) is 4.68. The van der Waals surface area contributed by atoms with Gasteiger partial charge in [0.25, 0.3) is 0 Å². The minimum atomic E-state index is -0.439. The number of esters is 2. The molecule has 0 saturated carbocycles. The van der Waals surface area contributed by atoms with Gasteiger partial charge in [0.15, 0.2) is 0 Å². The van der Waals surface area contributed by atoms with E-state index in [4.69, 9.17) is 13.9 Å². The molecule has 0 spiro atoms. The molecule has 2 aliphatic rings. The molecule has 0 bridgehead atoms. The van der Waals surface area contributed by atoms with Crippen LogP contribution in [0.25, 0.3) is 0 Å². The first-order valence-corrected chi connectivity index (χ1v) is 9.77. The van der Waals surface area contributed by atoms with Crippen molar-refractivity contribution in [2.45, 2.75) is 73.0 Å². The minimum Gasteiger partial charge on any atom is -0.468 e. The highest BCUT2D eigenvalue weighted by Gasteiger charge is 2.54. The summed E-state index contributed by atoms with van der Waals surface area (Å²) in [5, 5.41) is 0. The van der Waals surface area contributed by atoms with E-state index < -0.39 is 11.5 Å². The Kier molecular flexibility index (Phi) is 5.24. The molecule has 1 aromatic heterocycles. The van der Waals surface area contributed by atoms with Crippen molar-refractivity contribution in [1.82, 2.24) is 0 Å². The molecule has 3 rings (SSSR count). The van der Waals surface area contributed by atoms with Gasteiger partial charge in [-0.05, 0) is 18.4 Å². The monoisotopic (exact) mass is 374 g/mol. The number of carbonyl (C=O) groups excluding carboxylic acids is 2. The van der Waals surface area contributed by atoms with Crippen molar-refractivity contribution in [3.8, 4) is 0 Å². The maximum absolute atomic E-state index is 12.6. The second kappa shape index (κ2) is 7.17. The zero-order valence-corrected chi connectivity index (χ0v) is 17.1. The lowest BCUT2D eigenvalue weighted by atomic mass is 9.58. The van der Waals surface area contributed by atoms with Crippen LogP contribution in [0.15, 0.2) is 22.3 Å². The smallest absolute Gasteiger partial charge is 0.306 e. The number of hydrogen-bond acceptors (Lipinski definition) is 5. The molecular formula is C22H30O5. The van der Waals surface area contributed by atoms with Gasteiger partial charge >= 0.3 is 11.9 Å². The molecule has 27 heavy (non-hydrogen) atoms. The van der Waals surface area contributed by atoms with Crippen LogP contribution in [0.1, 0.15) is 70.5 Å². The van der Waals surface area contributed by atoms with Gasteiger partial charge in [0, 0.05) is 43.1 Å². The summed E-state index contributed by atoms with van der Waals surface area (Å²) < 4.78 is 17.5. The second-order valence-corrected chi connectivity index (χ2v) is 8.58. The molecule has 0 amide bonds. The van der Waals surface area contributed by atoms with Crippen LogP contribution in [0.5, 0.6) is 0 Å². The molecule has 0 radical (unpaired) electrons. The van der Waals surface area contributed by atoms with Crippen molar-refractivity contribution in [3.63, 3.8) is 0 Å². The van der Waals surface area contributed by atoms with E-state index in [0.29, 0.717) is 19.3 Å². The molecule has 4 unspecified atom stereocenters. The third-order valence-electron chi connectivity index (χ3n) is 6.19. The van der Waals surface area contributed by atoms with E-state index in [0.717, 1.165) is 16.9 Å². The normalized spacial score (nSPS) is 29.6. The van der Waals surface area contributed by atoms with Crippen molar-refractivity contribution in [2.75, 3.05) is 0 Å². The molecule has 0 aromatic carbocycles. The number of aryl methyl sites for hydroxylation is 1. The molecule has 1 aromatic rings. The Labute approximate surface area is 161 Å². The number of furan rings is 1. The Hall–Kier alpha value is -2.04. The molecule has 5 nitrogen and oxygen atoms in total. The lowest BCUT2D eigenvalue weighted by Crippen LogP contribution is -2.48. The van der Waals surface area contributed by atoms with Gasteiger partial charge in [-0.25, -0.2) is 0 Å². The lowest BCUT2D eigenvalue weighted by molar-refractivity contribution is -0.167. The van der Waals surface area contributed by atoms with Crippen molar-refractivity contribution >= 4 is 11.9 Å². The Morgan fingerprint density at radius 3 is 2.67 bits per heavy atom. The Morgan fingerprint density at radius 1 is 1.33 bits per heavy atom. The van der Waals surface area contributed by atoms with E-state index in [2.05, 4.69) is 19.9 Å². The molecule has 4 atom stereocenters. The Morgan fingerprint density at radius 2 is 2.04 bits per heavy atom. The maximum atomic E-state index is 12.6. The summed E-state index contributed by atoms with van der Waals surface area (Å²) >= 11 is 0. The number of ether oxygens (including phenoxy) is 2. The first-order chi connectivity index (χ1) is 12.6. The highest BCUT2D eigenvalue weighted by Crippen LogP contribution is 2.58. The lowest BCUT2D eigenvalue weighted by Gasteiger charge is -2.50. The molecule has 2 aliphatic carbocycles. The van der Waals surface area contributed by atoms with Crippen LogP contribution >= 0.6 is 0 Å². The first-order valence-electron chi connectivity index (χ1n) is 9.77. The van der Waals surface area contributed by atoms with Crippen LogP contribution in [0, 0.1) is 24.2 Å². The van der Waals surface area contributed by atoms with Crippen molar-refractivity contribution in [1.29, 1.82) is 0 Å². The summed E-state index contributed by atoms with van der Waals surface area (Å²) in [4.78, 5) is 24.2. The van der Waals surface area contributed by atoms with Crippen LogP contribution in [-0.2, 0) is 25.5 Å². The summed E-state index contributed by atoms with van der Waals surface area (Å²) in [6.07, 6.45) is 4.96. The number of hydrogen-bond donors (Lipinski definition) is 0. The fourth-order valence-electron chi connectivity index (χ4n) is 4.56. The first kappa shape index (κ1) is 19.7. The zero-order valence-electron chi connectivity index (χ0n) is 17.1. The van der Waals surface area contributed by atoms with E-state index >= 15 is 0 Å². The maximum Gasteiger partial charge on any atom is 0.306 e. The average Bonchev–Trinajstić information content (AvgIpc) is 2.92. The summed E-state index contributed by atoms with van der Waals surface area (Å²) in [6.45, 7) is 11.6. The molecule has 0 N–H and O–H groups in total. The van der Waals surface area contributed by atoms with Crippen molar-refractivity contribution in [3.05, 3.63) is 34.8 Å². The summed E-state index contributed by atoms with van der Waals surface area (Å²) in [5.41, 5.74) is 2.73. The Bertz CT molecular complexity index is 772. The second-order valence-electron chi connectivity index (χ2n) is 8.58. The van der Waals surface area contributed by atoms with E-state index in [1.807, 2.05) is 20.8 Å². The predicted molar refractivity (Wildman–Crippen MR) is 101 cm³/mol. The average molecular weight is 374 g/mol. The van der Waals surface area contributed by atoms with E-state index in [1.165, 1.54) is 12.5 Å². The third kappa shape index (κ3) is 3.44. The Balaban J connectivity index is 2.04. The zero-order chi connectivity index (χ0) is 19.9. The van der Waals surface area contributed by atoms with Crippen molar-refractivity contribution in [2.24, 2.45) is 17.3 Å². The SMILES string of the molecule is CC(=O)OC1CC=C2Cc3occ(C)c3C(OC(=O)CC(C)C)C2(C)C1C. The van der Waals surface area contributed by atoms with Gasteiger partial charge in [0.1, 0.15) is 18.0 Å². The minimum absolute atomic E-state index is 0.0145. The molecule has 0 aliphatic heterocycles. The summed E-state index contributed by atoms with van der Waals surface area (Å²) in [6, 6.07) is 0. The number of carbonyl (C=O) groups is 2. The molecule has 0 fully saturated rings. The molecule has 148 valence electrons. The van der Waals surface area contributed by atoms with Crippen LogP contribution in [0.2, 0.25) is 0 Å². The summed E-state index contributed by atoms with van der Waals surface area (Å²) in [5.74, 6) is 0.631. The summed E-state index contributed by atoms with van der Waals surface area (Å²) in [7, 11) is 0. The van der Waals surface area contributed by atoms with Crippen LogP contribution in [0.3, 0.4) is 0 Å². The molecular weight excluding hydrogens is 344 g/mol. The fraction of sp³-hybridized carbons (Fsp3) is 0.636. The van der Waals surface area contributed by atoms with Gasteiger partial charge in [-0.3, -0.25) is 9.59 Å². The van der Waals surface area contributed by atoms with Gasteiger partial charge in [-0.15, -0.1) is 0 Å². The molecule has 0 saturated heterocycles. The van der Waals surface area contributed by atoms with Gasteiger partial charge in [0.2, 0.25) is 0 Å². The van der Waals surface area contributed by atoms with Gasteiger partial charge in [-0.2, -0.15) is 0 Å². The standard InChI is InChI=1S/C22H30O5/c1-12(2)9-19(24)27-21-20-13(3)11-25-18(20)10-16-7-8-17(26-15(5)23)14(4)22(16,21)6/h7,11-12,14,17,21H,8-10H2,1-6H3. The van der Waals surface area contributed by atoms with E-state index in [9.17, 15) is 9.59 Å². The highest BCUT2D eigenvalue weighted by atomic mass is 16.6. The number of rotatable bonds is 4. The van der Waals surface area contributed by atoms with Crippen LogP contribution in [-0.4, -0.2) is 18.0 Å². The number of fused-ring (bicyclic) bond motifs is 2. The highest BCUT2D eigenvalue weighted by molar-refractivity contribution is 5.70. The molecule has 1 heterocycles. The van der Waals surface area contributed by atoms with Crippen molar-refractivity contribution < 1.29 is 23.5 Å². The van der Waals surface area contributed by atoms with Crippen LogP contribution in [0.4, 0.5) is 0 Å². The quantitative estimate of drug-likeness (QED) is 0.565. The van der Waals surface area contributed by atoms with E-state index in [-0.39, 0.29) is 29.9 Å². The topological polar surface area (TPSA) is 65.7 Å². The molecule has 5 heteroatoms. The van der Waals surface area contributed by atoms with Gasteiger partial charge in [-0.1, -0.05) is 39.3 Å².